The Balaban J connectivity index is 2.53. The van der Waals surface area contributed by atoms with Crippen molar-refractivity contribution in [2.75, 3.05) is 6.61 Å². The number of esters is 1. The largest absolute Gasteiger partial charge is 0.465 e. The van der Waals surface area contributed by atoms with Gasteiger partial charge in [-0.1, -0.05) is 24.8 Å². The van der Waals surface area contributed by atoms with Crippen LogP contribution in [-0.4, -0.2) is 12.6 Å². The molecule has 1 fully saturated rings. The molecule has 66 valence electrons. The highest BCUT2D eigenvalue weighted by Crippen LogP contribution is 2.48. The fraction of sp³-hybridized carbons (Fsp3) is 0.500. The first-order chi connectivity index (χ1) is 5.75. The third-order valence-electron chi connectivity index (χ3n) is 2.02. The zero-order valence-corrected chi connectivity index (χ0v) is 7.38. The van der Waals surface area contributed by atoms with Crippen molar-refractivity contribution >= 4 is 5.97 Å². The SMILES string of the molecule is C=CC=CC1(C(=O)OCC)CC1. The summed E-state index contributed by atoms with van der Waals surface area (Å²) in [7, 11) is 0. The molecule has 0 aromatic carbocycles. The number of carbonyl (C=O) groups is 1. The van der Waals surface area contributed by atoms with Crippen LogP contribution in [0.5, 0.6) is 0 Å². The molecule has 0 aromatic heterocycles. The Bertz CT molecular complexity index is 212. The number of hydrogen-bond donors (Lipinski definition) is 0. The third kappa shape index (κ3) is 1.76. The highest BCUT2D eigenvalue weighted by atomic mass is 16.5. The summed E-state index contributed by atoms with van der Waals surface area (Å²) >= 11 is 0. The second kappa shape index (κ2) is 3.57. The van der Waals surface area contributed by atoms with Gasteiger partial charge in [-0.3, -0.25) is 4.79 Å². The van der Waals surface area contributed by atoms with Gasteiger partial charge in [0.05, 0.1) is 12.0 Å². The molecule has 2 heteroatoms. The van der Waals surface area contributed by atoms with E-state index < -0.39 is 0 Å². The van der Waals surface area contributed by atoms with E-state index in [0.717, 1.165) is 12.8 Å². The van der Waals surface area contributed by atoms with Crippen molar-refractivity contribution in [3.8, 4) is 0 Å². The molecule has 0 aliphatic heterocycles. The van der Waals surface area contributed by atoms with Gasteiger partial charge in [-0.2, -0.15) is 0 Å². The van der Waals surface area contributed by atoms with Crippen LogP contribution in [0.2, 0.25) is 0 Å². The first kappa shape index (κ1) is 9.04. The fourth-order valence-electron chi connectivity index (χ4n) is 1.10. The molecule has 0 aromatic rings. The van der Waals surface area contributed by atoms with Gasteiger partial charge in [0.2, 0.25) is 0 Å². The van der Waals surface area contributed by atoms with E-state index in [1.807, 2.05) is 19.1 Å². The van der Waals surface area contributed by atoms with E-state index in [1.165, 1.54) is 0 Å². The molecular formula is C10H14O2. The first-order valence-corrected chi connectivity index (χ1v) is 4.22. The van der Waals surface area contributed by atoms with Crippen molar-refractivity contribution in [2.45, 2.75) is 19.8 Å². The normalized spacial score (nSPS) is 19.1. The van der Waals surface area contributed by atoms with Gasteiger partial charge in [-0.15, -0.1) is 0 Å². The van der Waals surface area contributed by atoms with E-state index in [4.69, 9.17) is 4.74 Å². The average Bonchev–Trinajstić information content (AvgIpc) is 2.82. The zero-order chi connectivity index (χ0) is 9.03. The van der Waals surface area contributed by atoms with Crippen molar-refractivity contribution in [3.63, 3.8) is 0 Å². The summed E-state index contributed by atoms with van der Waals surface area (Å²) in [5.41, 5.74) is -0.301. The Morgan fingerprint density at radius 2 is 2.33 bits per heavy atom. The summed E-state index contributed by atoms with van der Waals surface area (Å²) in [4.78, 5) is 11.3. The predicted octanol–water partition coefficient (Wildman–Crippen LogP) is 2.07. The third-order valence-corrected chi connectivity index (χ3v) is 2.02. The molecule has 0 amide bonds. The van der Waals surface area contributed by atoms with Crippen molar-refractivity contribution in [3.05, 3.63) is 24.8 Å². The summed E-state index contributed by atoms with van der Waals surface area (Å²) < 4.78 is 4.94. The van der Waals surface area contributed by atoms with Crippen LogP contribution in [0.25, 0.3) is 0 Å². The zero-order valence-electron chi connectivity index (χ0n) is 7.38. The first-order valence-electron chi connectivity index (χ1n) is 4.22. The van der Waals surface area contributed by atoms with Gasteiger partial charge in [0, 0.05) is 0 Å². The lowest BCUT2D eigenvalue weighted by Crippen LogP contribution is -2.16. The standard InChI is InChI=1S/C10H14O2/c1-3-5-6-10(7-8-10)9(11)12-4-2/h3,5-6H,1,4,7-8H2,2H3. The highest BCUT2D eigenvalue weighted by molar-refractivity contribution is 5.82. The molecule has 1 saturated carbocycles. The van der Waals surface area contributed by atoms with Crippen LogP contribution in [0.4, 0.5) is 0 Å². The molecule has 0 saturated heterocycles. The Hall–Kier alpha value is -1.05. The molecule has 0 N–H and O–H groups in total. The van der Waals surface area contributed by atoms with Gasteiger partial charge in [0.15, 0.2) is 0 Å². The number of carbonyl (C=O) groups excluding carboxylic acids is 1. The highest BCUT2D eigenvalue weighted by Gasteiger charge is 2.48. The van der Waals surface area contributed by atoms with Gasteiger partial charge in [0.25, 0.3) is 0 Å². The van der Waals surface area contributed by atoms with E-state index >= 15 is 0 Å². The Morgan fingerprint density at radius 1 is 1.67 bits per heavy atom. The lowest BCUT2D eigenvalue weighted by molar-refractivity contribution is -0.147. The maximum absolute atomic E-state index is 11.3. The minimum Gasteiger partial charge on any atom is -0.465 e. The Morgan fingerprint density at radius 3 is 2.75 bits per heavy atom. The molecule has 1 aliphatic carbocycles. The van der Waals surface area contributed by atoms with Crippen molar-refractivity contribution in [1.29, 1.82) is 0 Å². The minimum absolute atomic E-state index is 0.0944. The molecule has 0 bridgehead atoms. The number of allylic oxidation sites excluding steroid dienone is 2. The molecule has 1 rings (SSSR count). The number of hydrogen-bond acceptors (Lipinski definition) is 2. The minimum atomic E-state index is -0.301. The van der Waals surface area contributed by atoms with Gasteiger partial charge < -0.3 is 4.74 Å². The van der Waals surface area contributed by atoms with E-state index in [-0.39, 0.29) is 11.4 Å². The Labute approximate surface area is 72.9 Å². The summed E-state index contributed by atoms with van der Waals surface area (Å²) in [6, 6.07) is 0. The molecule has 0 heterocycles. The van der Waals surface area contributed by atoms with Gasteiger partial charge in [0.1, 0.15) is 0 Å². The van der Waals surface area contributed by atoms with Gasteiger partial charge in [-0.05, 0) is 19.8 Å². The van der Waals surface area contributed by atoms with E-state index in [0.29, 0.717) is 6.61 Å². The summed E-state index contributed by atoms with van der Waals surface area (Å²) in [5, 5.41) is 0. The maximum atomic E-state index is 11.3. The topological polar surface area (TPSA) is 26.3 Å². The van der Waals surface area contributed by atoms with Crippen molar-refractivity contribution < 1.29 is 9.53 Å². The molecule has 1 aliphatic rings. The lowest BCUT2D eigenvalue weighted by Gasteiger charge is -2.07. The smallest absolute Gasteiger partial charge is 0.315 e. The quantitative estimate of drug-likeness (QED) is 0.472. The molecule has 0 unspecified atom stereocenters. The second-order valence-corrected chi connectivity index (χ2v) is 2.97. The molecular weight excluding hydrogens is 152 g/mol. The van der Waals surface area contributed by atoms with Crippen molar-refractivity contribution in [2.24, 2.45) is 5.41 Å². The van der Waals surface area contributed by atoms with Crippen LogP contribution in [0.3, 0.4) is 0 Å². The lowest BCUT2D eigenvalue weighted by atomic mass is 10.1. The molecule has 0 spiro atoms. The van der Waals surface area contributed by atoms with Crippen LogP contribution in [0.15, 0.2) is 24.8 Å². The molecule has 0 atom stereocenters. The van der Waals surface area contributed by atoms with Gasteiger partial charge >= 0.3 is 5.97 Å². The molecule has 12 heavy (non-hydrogen) atoms. The monoisotopic (exact) mass is 166 g/mol. The number of ether oxygens (including phenoxy) is 1. The van der Waals surface area contributed by atoms with Crippen LogP contribution in [0, 0.1) is 5.41 Å². The number of rotatable bonds is 4. The molecule has 2 nitrogen and oxygen atoms in total. The van der Waals surface area contributed by atoms with E-state index in [1.54, 1.807) is 6.08 Å². The average molecular weight is 166 g/mol. The second-order valence-electron chi connectivity index (χ2n) is 2.97. The summed E-state index contributed by atoms with van der Waals surface area (Å²) in [5.74, 6) is -0.0944. The van der Waals surface area contributed by atoms with Crippen LogP contribution >= 0.6 is 0 Å². The van der Waals surface area contributed by atoms with E-state index in [9.17, 15) is 4.79 Å². The summed E-state index contributed by atoms with van der Waals surface area (Å²) in [6.45, 7) is 5.84. The Kier molecular flexibility index (Phi) is 2.69. The predicted molar refractivity (Wildman–Crippen MR) is 47.6 cm³/mol. The summed E-state index contributed by atoms with van der Waals surface area (Å²) in [6.07, 6.45) is 7.20. The van der Waals surface area contributed by atoms with Crippen LogP contribution in [-0.2, 0) is 9.53 Å². The molecule has 0 radical (unpaired) electrons. The maximum Gasteiger partial charge on any atom is 0.315 e. The van der Waals surface area contributed by atoms with Gasteiger partial charge in [-0.25, -0.2) is 0 Å². The van der Waals surface area contributed by atoms with E-state index in [2.05, 4.69) is 6.58 Å². The van der Waals surface area contributed by atoms with Crippen LogP contribution in [0.1, 0.15) is 19.8 Å². The van der Waals surface area contributed by atoms with Crippen molar-refractivity contribution in [1.82, 2.24) is 0 Å². The van der Waals surface area contributed by atoms with Crippen LogP contribution < -0.4 is 0 Å². The fourth-order valence-corrected chi connectivity index (χ4v) is 1.10.